The van der Waals surface area contributed by atoms with Crippen molar-refractivity contribution in [3.63, 3.8) is 0 Å². The van der Waals surface area contributed by atoms with Crippen LogP contribution in [0.5, 0.6) is 5.75 Å². The fraction of sp³-hybridized carbons (Fsp3) is 0.296. The number of hydrogen-bond acceptors (Lipinski definition) is 6. The van der Waals surface area contributed by atoms with Crippen molar-refractivity contribution in [2.45, 2.75) is 40.7 Å². The molecule has 0 aliphatic carbocycles. The van der Waals surface area contributed by atoms with Gasteiger partial charge in [0.2, 0.25) is 5.78 Å². The second-order valence-electron chi connectivity index (χ2n) is 8.93. The first kappa shape index (κ1) is 23.7. The Hall–Kier alpha value is -3.45. The molecule has 1 aliphatic heterocycles. The van der Waals surface area contributed by atoms with Crippen molar-refractivity contribution in [2.24, 2.45) is 5.92 Å². The molecule has 1 atom stereocenters. The standard InChI is InChI=1S/C27H28N2O4S/c1-15(2)14-33-21-11-9-20(10-12-21)29-23(19-8-6-7-16(3)13-19)22(25(31)27(29)32)24(30)26-17(4)28-18(5)34-26/h6-13,15,23,31H,14H2,1-5H3. The molecule has 0 bridgehead atoms. The first-order valence-electron chi connectivity index (χ1n) is 11.2. The van der Waals surface area contributed by atoms with E-state index in [0.717, 1.165) is 16.1 Å². The number of aromatic nitrogens is 1. The maximum atomic E-state index is 13.6. The summed E-state index contributed by atoms with van der Waals surface area (Å²) in [5, 5.41) is 11.7. The number of aliphatic hydroxyl groups excluding tert-OH is 1. The van der Waals surface area contributed by atoms with Crippen LogP contribution in [0.15, 0.2) is 59.9 Å². The Balaban J connectivity index is 1.79. The van der Waals surface area contributed by atoms with Gasteiger partial charge in [0.15, 0.2) is 5.76 Å². The van der Waals surface area contributed by atoms with Crippen molar-refractivity contribution in [1.82, 2.24) is 4.98 Å². The summed E-state index contributed by atoms with van der Waals surface area (Å²) in [7, 11) is 0. The monoisotopic (exact) mass is 476 g/mol. The Labute approximate surface area is 203 Å². The molecule has 1 N–H and O–H groups in total. The Kier molecular flexibility index (Phi) is 6.57. The summed E-state index contributed by atoms with van der Waals surface area (Å²) in [6.45, 7) is 10.3. The zero-order valence-corrected chi connectivity index (χ0v) is 20.8. The molecule has 3 aromatic rings. The minimum Gasteiger partial charge on any atom is -0.503 e. The highest BCUT2D eigenvalue weighted by Gasteiger charge is 2.45. The maximum Gasteiger partial charge on any atom is 0.294 e. The number of Topliss-reactive ketones (excluding diaryl/α,β-unsaturated/α-hetero) is 1. The first-order valence-corrected chi connectivity index (χ1v) is 12.0. The topological polar surface area (TPSA) is 79.7 Å². The average Bonchev–Trinajstić information content (AvgIpc) is 3.27. The van der Waals surface area contributed by atoms with Crippen LogP contribution in [0, 0.1) is 26.7 Å². The van der Waals surface area contributed by atoms with E-state index in [1.807, 2.05) is 38.1 Å². The Morgan fingerprint density at radius 2 is 1.85 bits per heavy atom. The number of rotatable bonds is 7. The zero-order valence-electron chi connectivity index (χ0n) is 20.0. The molecule has 2 aromatic carbocycles. The summed E-state index contributed by atoms with van der Waals surface area (Å²) in [6.07, 6.45) is 0. The van der Waals surface area contributed by atoms with Gasteiger partial charge in [0.05, 0.1) is 33.8 Å². The van der Waals surface area contributed by atoms with Crippen LogP contribution in [0.1, 0.15) is 51.4 Å². The van der Waals surface area contributed by atoms with Gasteiger partial charge >= 0.3 is 0 Å². The molecule has 0 saturated heterocycles. The number of hydrogen-bond donors (Lipinski definition) is 1. The SMILES string of the molecule is Cc1cccc(C2C(C(=O)c3sc(C)nc3C)=C(O)C(=O)N2c2ccc(OCC(C)C)cc2)c1. The van der Waals surface area contributed by atoms with Gasteiger partial charge in [-0.3, -0.25) is 14.5 Å². The lowest BCUT2D eigenvalue weighted by atomic mass is 9.94. The fourth-order valence-corrected chi connectivity index (χ4v) is 4.96. The first-order chi connectivity index (χ1) is 16.2. The molecule has 0 spiro atoms. The van der Waals surface area contributed by atoms with Crippen LogP contribution in [0.4, 0.5) is 5.69 Å². The molecule has 1 unspecified atom stereocenters. The third-order valence-electron chi connectivity index (χ3n) is 5.62. The van der Waals surface area contributed by atoms with E-state index in [1.165, 1.54) is 16.2 Å². The summed E-state index contributed by atoms with van der Waals surface area (Å²) in [4.78, 5) is 33.2. The summed E-state index contributed by atoms with van der Waals surface area (Å²) < 4.78 is 5.77. The second kappa shape index (κ2) is 9.43. The molecular formula is C27H28N2O4S. The van der Waals surface area contributed by atoms with Gasteiger partial charge in [0.1, 0.15) is 5.75 Å². The number of aryl methyl sites for hydroxylation is 3. The second-order valence-corrected chi connectivity index (χ2v) is 10.1. The van der Waals surface area contributed by atoms with Gasteiger partial charge in [-0.25, -0.2) is 4.98 Å². The Morgan fingerprint density at radius 1 is 1.15 bits per heavy atom. The molecule has 1 aromatic heterocycles. The molecule has 176 valence electrons. The number of anilines is 1. The summed E-state index contributed by atoms with van der Waals surface area (Å²) in [6, 6.07) is 14.0. The molecule has 2 heterocycles. The molecular weight excluding hydrogens is 448 g/mol. The number of ether oxygens (including phenoxy) is 1. The van der Waals surface area contributed by atoms with E-state index in [0.29, 0.717) is 34.5 Å². The number of thiazole rings is 1. The van der Waals surface area contributed by atoms with Gasteiger partial charge in [-0.2, -0.15) is 0 Å². The molecule has 0 saturated carbocycles. The van der Waals surface area contributed by atoms with Gasteiger partial charge in [-0.05, 0) is 56.5 Å². The van der Waals surface area contributed by atoms with Crippen molar-refractivity contribution in [2.75, 3.05) is 11.5 Å². The lowest BCUT2D eigenvalue weighted by Gasteiger charge is -2.27. The van der Waals surface area contributed by atoms with E-state index in [-0.39, 0.29) is 11.4 Å². The fourth-order valence-electron chi connectivity index (χ4n) is 4.09. The Bertz CT molecular complexity index is 1270. The van der Waals surface area contributed by atoms with Crippen LogP contribution >= 0.6 is 11.3 Å². The zero-order chi connectivity index (χ0) is 24.6. The number of ketones is 1. The van der Waals surface area contributed by atoms with Gasteiger partial charge < -0.3 is 9.84 Å². The molecule has 0 fully saturated rings. The smallest absolute Gasteiger partial charge is 0.294 e. The highest BCUT2D eigenvalue weighted by atomic mass is 32.1. The summed E-state index contributed by atoms with van der Waals surface area (Å²) in [5.41, 5.74) is 2.97. The van der Waals surface area contributed by atoms with E-state index < -0.39 is 17.7 Å². The molecule has 1 amide bonds. The normalized spacial score (nSPS) is 16.0. The van der Waals surface area contributed by atoms with Crippen molar-refractivity contribution in [1.29, 1.82) is 0 Å². The third-order valence-corrected chi connectivity index (χ3v) is 6.69. The molecule has 6 nitrogen and oxygen atoms in total. The van der Waals surface area contributed by atoms with E-state index in [9.17, 15) is 14.7 Å². The molecule has 4 rings (SSSR count). The lowest BCUT2D eigenvalue weighted by molar-refractivity contribution is -0.117. The predicted octanol–water partition coefficient (Wildman–Crippen LogP) is 5.89. The number of amides is 1. The van der Waals surface area contributed by atoms with Gasteiger partial charge in [-0.15, -0.1) is 11.3 Å². The Morgan fingerprint density at radius 3 is 2.44 bits per heavy atom. The summed E-state index contributed by atoms with van der Waals surface area (Å²) in [5.74, 6) is -0.425. The van der Waals surface area contributed by atoms with Crippen molar-refractivity contribution in [3.8, 4) is 5.75 Å². The van der Waals surface area contributed by atoms with Crippen molar-refractivity contribution in [3.05, 3.63) is 86.6 Å². The molecule has 34 heavy (non-hydrogen) atoms. The van der Waals surface area contributed by atoms with E-state index in [1.54, 1.807) is 31.2 Å². The summed E-state index contributed by atoms with van der Waals surface area (Å²) >= 11 is 1.27. The van der Waals surface area contributed by atoms with E-state index >= 15 is 0 Å². The minimum absolute atomic E-state index is 0.0717. The van der Waals surface area contributed by atoms with Crippen molar-refractivity contribution >= 4 is 28.7 Å². The highest BCUT2D eigenvalue weighted by Crippen LogP contribution is 2.43. The van der Waals surface area contributed by atoms with Crippen LogP contribution in [-0.4, -0.2) is 28.4 Å². The van der Waals surface area contributed by atoms with Crippen LogP contribution in [-0.2, 0) is 4.79 Å². The van der Waals surface area contributed by atoms with Crippen molar-refractivity contribution < 1.29 is 19.4 Å². The predicted molar refractivity (Wildman–Crippen MR) is 134 cm³/mol. The van der Waals surface area contributed by atoms with E-state index in [4.69, 9.17) is 4.74 Å². The number of benzene rings is 2. The molecule has 1 aliphatic rings. The van der Waals surface area contributed by atoms with Crippen LogP contribution in [0.2, 0.25) is 0 Å². The average molecular weight is 477 g/mol. The number of carbonyl (C=O) groups excluding carboxylic acids is 2. The maximum absolute atomic E-state index is 13.6. The molecule has 7 heteroatoms. The van der Waals surface area contributed by atoms with Gasteiger partial charge in [0, 0.05) is 5.69 Å². The largest absolute Gasteiger partial charge is 0.503 e. The number of aliphatic hydroxyl groups is 1. The third kappa shape index (κ3) is 4.48. The quantitative estimate of drug-likeness (QED) is 0.430. The number of nitrogens with zero attached hydrogens (tertiary/aromatic N) is 2. The minimum atomic E-state index is -0.760. The van der Waals surface area contributed by atoms with Crippen LogP contribution < -0.4 is 9.64 Å². The number of carbonyl (C=O) groups is 2. The lowest BCUT2D eigenvalue weighted by Crippen LogP contribution is -2.31. The van der Waals surface area contributed by atoms with Gasteiger partial charge in [0.25, 0.3) is 5.91 Å². The highest BCUT2D eigenvalue weighted by molar-refractivity contribution is 7.14. The van der Waals surface area contributed by atoms with Crippen LogP contribution in [0.3, 0.4) is 0 Å². The van der Waals surface area contributed by atoms with Crippen LogP contribution in [0.25, 0.3) is 0 Å². The van der Waals surface area contributed by atoms with E-state index in [2.05, 4.69) is 18.8 Å². The van der Waals surface area contributed by atoms with Gasteiger partial charge in [-0.1, -0.05) is 43.7 Å². The molecule has 0 radical (unpaired) electrons.